The van der Waals surface area contributed by atoms with E-state index in [0.29, 0.717) is 0 Å². The van der Waals surface area contributed by atoms with Crippen molar-refractivity contribution in [1.29, 1.82) is 0 Å². The first-order valence-corrected chi connectivity index (χ1v) is 7.81. The predicted molar refractivity (Wildman–Crippen MR) is 77.9 cm³/mol. The van der Waals surface area contributed by atoms with Gasteiger partial charge in [0.25, 0.3) is 0 Å². The largest absolute Gasteiger partial charge is 0.394 e. The molecule has 3 nitrogen and oxygen atoms in total. The third-order valence-corrected chi connectivity index (χ3v) is 4.30. The van der Waals surface area contributed by atoms with E-state index in [1.54, 1.807) is 0 Å². The Kier molecular flexibility index (Phi) is 7.20. The zero-order valence-electron chi connectivity index (χ0n) is 12.5. The first-order chi connectivity index (χ1) is 8.71. The quantitative estimate of drug-likeness (QED) is 0.596. The van der Waals surface area contributed by atoms with E-state index >= 15 is 0 Å². The van der Waals surface area contributed by atoms with E-state index < -0.39 is 0 Å². The molecule has 1 rings (SSSR count). The summed E-state index contributed by atoms with van der Waals surface area (Å²) in [7, 11) is 0. The van der Waals surface area contributed by atoms with Crippen LogP contribution in [-0.2, 0) is 0 Å². The van der Waals surface area contributed by atoms with Crippen molar-refractivity contribution in [3.63, 3.8) is 0 Å². The highest BCUT2D eigenvalue weighted by atomic mass is 16.3. The van der Waals surface area contributed by atoms with Gasteiger partial charge in [-0.15, -0.1) is 0 Å². The van der Waals surface area contributed by atoms with Crippen molar-refractivity contribution in [3.05, 3.63) is 0 Å². The van der Waals surface area contributed by atoms with Gasteiger partial charge in [0.15, 0.2) is 0 Å². The molecule has 0 bridgehead atoms. The van der Waals surface area contributed by atoms with Crippen LogP contribution in [0.5, 0.6) is 0 Å². The maximum absolute atomic E-state index is 9.67. The van der Waals surface area contributed by atoms with Gasteiger partial charge in [-0.3, -0.25) is 0 Å². The first-order valence-electron chi connectivity index (χ1n) is 7.81. The lowest BCUT2D eigenvalue weighted by molar-refractivity contribution is 0.138. The highest BCUT2D eigenvalue weighted by molar-refractivity contribution is 4.88. The molecule has 18 heavy (non-hydrogen) atoms. The number of aliphatic hydroxyl groups is 1. The minimum Gasteiger partial charge on any atom is -0.394 e. The molecule has 0 aromatic rings. The average Bonchev–Trinajstić information content (AvgIpc) is 3.23. The molecule has 0 aromatic carbocycles. The van der Waals surface area contributed by atoms with Crippen molar-refractivity contribution in [2.45, 2.75) is 70.9 Å². The smallest absolute Gasteiger partial charge is 0.0613 e. The number of rotatable bonds is 11. The topological polar surface area (TPSA) is 35.5 Å². The highest BCUT2D eigenvalue weighted by Crippen LogP contribution is 2.27. The second kappa shape index (κ2) is 8.13. The lowest BCUT2D eigenvalue weighted by Crippen LogP contribution is -2.48. The van der Waals surface area contributed by atoms with E-state index in [2.05, 4.69) is 31.0 Å². The zero-order chi connectivity index (χ0) is 13.4. The molecule has 0 aliphatic heterocycles. The summed E-state index contributed by atoms with van der Waals surface area (Å²) in [5, 5.41) is 13.2. The molecule has 0 radical (unpaired) electrons. The van der Waals surface area contributed by atoms with Crippen LogP contribution in [0.25, 0.3) is 0 Å². The summed E-state index contributed by atoms with van der Waals surface area (Å²) < 4.78 is 0. The number of hydrogen-bond donors (Lipinski definition) is 2. The molecule has 1 unspecified atom stereocenters. The Hall–Kier alpha value is -0.120. The van der Waals surface area contributed by atoms with Crippen LogP contribution in [0.1, 0.15) is 59.3 Å². The third kappa shape index (κ3) is 4.87. The molecule has 1 aliphatic carbocycles. The molecule has 0 aromatic heterocycles. The summed E-state index contributed by atoms with van der Waals surface area (Å²) in [6, 6.07) is 0.865. The van der Waals surface area contributed by atoms with E-state index in [9.17, 15) is 5.11 Å². The molecular formula is C15H32N2O. The molecule has 0 saturated heterocycles. The SMILES string of the molecule is CCCNC(CC)(CO)CCCN(CC)C1CC1. The van der Waals surface area contributed by atoms with Gasteiger partial charge in [0, 0.05) is 11.6 Å². The molecule has 1 fully saturated rings. The van der Waals surface area contributed by atoms with E-state index in [-0.39, 0.29) is 12.1 Å². The van der Waals surface area contributed by atoms with Crippen LogP contribution in [0.15, 0.2) is 0 Å². The monoisotopic (exact) mass is 256 g/mol. The van der Waals surface area contributed by atoms with Crippen LogP contribution >= 0.6 is 0 Å². The molecule has 0 amide bonds. The Bertz CT molecular complexity index is 213. The van der Waals surface area contributed by atoms with Crippen LogP contribution < -0.4 is 5.32 Å². The van der Waals surface area contributed by atoms with E-state index in [0.717, 1.165) is 31.8 Å². The van der Waals surface area contributed by atoms with Gasteiger partial charge in [-0.2, -0.15) is 0 Å². The van der Waals surface area contributed by atoms with Gasteiger partial charge in [0.05, 0.1) is 6.61 Å². The Balaban J connectivity index is 2.31. The minimum absolute atomic E-state index is 0.0427. The van der Waals surface area contributed by atoms with Gasteiger partial charge in [0.2, 0.25) is 0 Å². The maximum Gasteiger partial charge on any atom is 0.0613 e. The van der Waals surface area contributed by atoms with Gasteiger partial charge >= 0.3 is 0 Å². The molecule has 1 saturated carbocycles. The normalized spacial score (nSPS) is 19.2. The van der Waals surface area contributed by atoms with Crippen LogP contribution in [-0.4, -0.2) is 47.8 Å². The summed E-state index contributed by atoms with van der Waals surface area (Å²) in [5.74, 6) is 0. The van der Waals surface area contributed by atoms with Crippen molar-refractivity contribution >= 4 is 0 Å². The van der Waals surface area contributed by atoms with Crippen LogP contribution in [0.4, 0.5) is 0 Å². The van der Waals surface area contributed by atoms with Crippen LogP contribution in [0, 0.1) is 0 Å². The van der Waals surface area contributed by atoms with Crippen molar-refractivity contribution in [2.75, 3.05) is 26.2 Å². The number of aliphatic hydroxyl groups excluding tert-OH is 1. The second-order valence-electron chi connectivity index (χ2n) is 5.68. The Labute approximate surface area is 113 Å². The third-order valence-electron chi connectivity index (χ3n) is 4.30. The second-order valence-corrected chi connectivity index (χ2v) is 5.68. The van der Waals surface area contributed by atoms with E-state index in [4.69, 9.17) is 0 Å². The first kappa shape index (κ1) is 15.9. The molecule has 0 spiro atoms. The fourth-order valence-corrected chi connectivity index (χ4v) is 2.69. The summed E-state index contributed by atoms with van der Waals surface area (Å²) in [5.41, 5.74) is -0.0427. The average molecular weight is 256 g/mol. The lowest BCUT2D eigenvalue weighted by Gasteiger charge is -2.33. The fraction of sp³-hybridized carbons (Fsp3) is 1.00. The molecule has 3 heteroatoms. The summed E-state index contributed by atoms with van der Waals surface area (Å²) in [6.45, 7) is 10.2. The molecular weight excluding hydrogens is 224 g/mol. The lowest BCUT2D eigenvalue weighted by atomic mass is 9.91. The maximum atomic E-state index is 9.67. The van der Waals surface area contributed by atoms with E-state index in [1.165, 1.54) is 32.4 Å². The minimum atomic E-state index is -0.0427. The van der Waals surface area contributed by atoms with Crippen LogP contribution in [0.3, 0.4) is 0 Å². The highest BCUT2D eigenvalue weighted by Gasteiger charge is 2.29. The molecule has 2 N–H and O–H groups in total. The van der Waals surface area contributed by atoms with Gasteiger partial charge in [-0.25, -0.2) is 0 Å². The molecule has 108 valence electrons. The van der Waals surface area contributed by atoms with Crippen molar-refractivity contribution in [1.82, 2.24) is 10.2 Å². The zero-order valence-corrected chi connectivity index (χ0v) is 12.5. The summed E-state index contributed by atoms with van der Waals surface area (Å²) in [6.07, 6.45) is 7.20. The van der Waals surface area contributed by atoms with Crippen molar-refractivity contribution in [3.8, 4) is 0 Å². The Morgan fingerprint density at radius 3 is 2.44 bits per heavy atom. The fourth-order valence-electron chi connectivity index (χ4n) is 2.69. The Morgan fingerprint density at radius 1 is 1.28 bits per heavy atom. The van der Waals surface area contributed by atoms with E-state index in [1.807, 2.05) is 0 Å². The number of nitrogens with zero attached hydrogens (tertiary/aromatic N) is 1. The number of hydrogen-bond acceptors (Lipinski definition) is 3. The standard InChI is InChI=1S/C15H32N2O/c1-4-11-16-15(5-2,13-18)10-7-12-17(6-3)14-8-9-14/h14,16,18H,4-13H2,1-3H3. The van der Waals surface area contributed by atoms with Gasteiger partial charge in [-0.05, 0) is 58.2 Å². The van der Waals surface area contributed by atoms with Gasteiger partial charge < -0.3 is 15.3 Å². The summed E-state index contributed by atoms with van der Waals surface area (Å²) in [4.78, 5) is 2.59. The molecule has 1 aliphatic rings. The van der Waals surface area contributed by atoms with Crippen molar-refractivity contribution < 1.29 is 5.11 Å². The van der Waals surface area contributed by atoms with Crippen molar-refractivity contribution in [2.24, 2.45) is 0 Å². The van der Waals surface area contributed by atoms with Crippen LogP contribution in [0.2, 0.25) is 0 Å². The summed E-state index contributed by atoms with van der Waals surface area (Å²) >= 11 is 0. The number of nitrogens with one attached hydrogen (secondary N) is 1. The molecule has 1 atom stereocenters. The molecule has 0 heterocycles. The van der Waals surface area contributed by atoms with Gasteiger partial charge in [0.1, 0.15) is 0 Å². The predicted octanol–water partition coefficient (Wildman–Crippen LogP) is 2.39. The Morgan fingerprint density at radius 2 is 2.00 bits per heavy atom. The van der Waals surface area contributed by atoms with Gasteiger partial charge in [-0.1, -0.05) is 20.8 Å².